The van der Waals surface area contributed by atoms with Crippen LogP contribution in [0.15, 0.2) is 0 Å². The van der Waals surface area contributed by atoms with Crippen molar-refractivity contribution in [1.29, 1.82) is 0 Å². The van der Waals surface area contributed by atoms with E-state index in [2.05, 4.69) is 6.92 Å². The Hall–Kier alpha value is -0.120. The maximum Gasteiger partial charge on any atom is 0.189 e. The van der Waals surface area contributed by atoms with Crippen LogP contribution >= 0.6 is 0 Å². The monoisotopic (exact) mass is 105 g/mol. The maximum atomic E-state index is 8.33. The molecule has 0 amide bonds. The summed E-state index contributed by atoms with van der Waals surface area (Å²) < 4.78 is 0. The van der Waals surface area contributed by atoms with E-state index < -0.39 is 11.9 Å². The fourth-order valence-electron chi connectivity index (χ4n) is 0. The smallest absolute Gasteiger partial charge is 0.189 e. The van der Waals surface area contributed by atoms with E-state index in [4.69, 9.17) is 15.3 Å². The van der Waals surface area contributed by atoms with Gasteiger partial charge in [0.2, 0.25) is 0 Å². The van der Waals surface area contributed by atoms with Crippen LogP contribution in [0.1, 0.15) is 6.92 Å². The molecule has 0 spiro atoms. The average Bonchev–Trinajstić information content (AvgIpc) is 1.31. The van der Waals surface area contributed by atoms with Crippen molar-refractivity contribution in [2.45, 2.75) is 18.8 Å². The topological polar surface area (TPSA) is 60.7 Å². The summed E-state index contributed by atoms with van der Waals surface area (Å²) >= 11 is 0. The molecular formula is C4H9O3. The Kier molecular flexibility index (Phi) is 1.75. The first-order valence-corrected chi connectivity index (χ1v) is 1.92. The summed E-state index contributed by atoms with van der Waals surface area (Å²) in [4.78, 5) is 0. The summed E-state index contributed by atoms with van der Waals surface area (Å²) in [6.45, 7) is 4.07. The Balaban J connectivity index is 3.54. The molecule has 1 unspecified atom stereocenters. The summed E-state index contributed by atoms with van der Waals surface area (Å²) in [5, 5.41) is 24.9. The van der Waals surface area contributed by atoms with Crippen LogP contribution in [0.2, 0.25) is 0 Å². The molecule has 0 aliphatic heterocycles. The molecule has 0 aromatic rings. The lowest BCUT2D eigenvalue weighted by atomic mass is 10.2. The van der Waals surface area contributed by atoms with E-state index in [0.29, 0.717) is 0 Å². The van der Waals surface area contributed by atoms with Crippen molar-refractivity contribution in [3.05, 3.63) is 6.92 Å². The van der Waals surface area contributed by atoms with Gasteiger partial charge in [0.05, 0.1) is 0 Å². The van der Waals surface area contributed by atoms with Crippen molar-refractivity contribution >= 4 is 0 Å². The molecule has 1 atom stereocenters. The standard InChI is InChI=1S/C4H9O3/c1-3(5)4(2,6)7/h3,5-7H,2H2,1H3. The molecule has 3 nitrogen and oxygen atoms in total. The Morgan fingerprint density at radius 1 is 1.57 bits per heavy atom. The minimum atomic E-state index is -2.19. The van der Waals surface area contributed by atoms with Crippen LogP contribution in [0.25, 0.3) is 0 Å². The zero-order valence-corrected chi connectivity index (χ0v) is 4.13. The molecule has 0 aliphatic rings. The van der Waals surface area contributed by atoms with Crippen molar-refractivity contribution in [2.24, 2.45) is 0 Å². The highest BCUT2D eigenvalue weighted by atomic mass is 16.5. The number of aliphatic hydroxyl groups is 3. The van der Waals surface area contributed by atoms with Crippen LogP contribution in [0, 0.1) is 6.92 Å². The Morgan fingerprint density at radius 2 is 1.71 bits per heavy atom. The lowest BCUT2D eigenvalue weighted by Gasteiger charge is -2.17. The van der Waals surface area contributed by atoms with E-state index in [-0.39, 0.29) is 0 Å². The van der Waals surface area contributed by atoms with E-state index in [1.54, 1.807) is 0 Å². The number of rotatable bonds is 1. The predicted molar refractivity (Wildman–Crippen MR) is 24.2 cm³/mol. The second-order valence-electron chi connectivity index (χ2n) is 1.55. The summed E-state index contributed by atoms with van der Waals surface area (Å²) in [6, 6.07) is 0. The van der Waals surface area contributed by atoms with Crippen molar-refractivity contribution < 1.29 is 15.3 Å². The first-order valence-electron chi connectivity index (χ1n) is 1.92. The third-order valence-electron chi connectivity index (χ3n) is 0.669. The van der Waals surface area contributed by atoms with Gasteiger partial charge >= 0.3 is 0 Å². The molecule has 0 heterocycles. The van der Waals surface area contributed by atoms with Crippen LogP contribution in [0.5, 0.6) is 0 Å². The third-order valence-corrected chi connectivity index (χ3v) is 0.669. The lowest BCUT2D eigenvalue weighted by molar-refractivity contribution is -0.185. The zero-order valence-electron chi connectivity index (χ0n) is 4.13. The lowest BCUT2D eigenvalue weighted by Crippen LogP contribution is -2.36. The van der Waals surface area contributed by atoms with Gasteiger partial charge in [-0.05, 0) is 6.92 Å². The van der Waals surface area contributed by atoms with Crippen molar-refractivity contribution in [3.8, 4) is 0 Å². The van der Waals surface area contributed by atoms with Crippen LogP contribution < -0.4 is 0 Å². The van der Waals surface area contributed by atoms with Gasteiger partial charge in [0.15, 0.2) is 5.79 Å². The van der Waals surface area contributed by atoms with Crippen molar-refractivity contribution in [2.75, 3.05) is 0 Å². The molecule has 0 fully saturated rings. The summed E-state index contributed by atoms with van der Waals surface area (Å²) in [7, 11) is 0. The van der Waals surface area contributed by atoms with Gasteiger partial charge in [-0.25, -0.2) is 0 Å². The second-order valence-corrected chi connectivity index (χ2v) is 1.55. The molecule has 43 valence electrons. The van der Waals surface area contributed by atoms with Gasteiger partial charge in [0, 0.05) is 6.92 Å². The van der Waals surface area contributed by atoms with Crippen LogP contribution in [-0.4, -0.2) is 27.2 Å². The van der Waals surface area contributed by atoms with Gasteiger partial charge in [-0.15, -0.1) is 0 Å². The second kappa shape index (κ2) is 1.78. The van der Waals surface area contributed by atoms with Gasteiger partial charge in [-0.2, -0.15) is 0 Å². The van der Waals surface area contributed by atoms with E-state index in [9.17, 15) is 0 Å². The maximum absolute atomic E-state index is 8.33. The van der Waals surface area contributed by atoms with Crippen LogP contribution in [0.3, 0.4) is 0 Å². The van der Waals surface area contributed by atoms with Gasteiger partial charge in [0.25, 0.3) is 0 Å². The van der Waals surface area contributed by atoms with Gasteiger partial charge in [0.1, 0.15) is 6.10 Å². The fraction of sp³-hybridized carbons (Fsp3) is 0.750. The van der Waals surface area contributed by atoms with Crippen LogP contribution in [-0.2, 0) is 0 Å². The highest BCUT2D eigenvalue weighted by Gasteiger charge is 2.21. The predicted octanol–water partition coefficient (Wildman–Crippen LogP) is -1.12. The Labute approximate surface area is 42.2 Å². The molecule has 0 saturated carbocycles. The SMILES string of the molecule is [CH2]C(O)(O)C(C)O. The van der Waals surface area contributed by atoms with E-state index in [1.165, 1.54) is 6.92 Å². The normalized spacial score (nSPS) is 16.7. The van der Waals surface area contributed by atoms with E-state index in [1.807, 2.05) is 0 Å². The summed E-state index contributed by atoms with van der Waals surface area (Å²) in [5.41, 5.74) is 0. The van der Waals surface area contributed by atoms with Gasteiger partial charge in [-0.3, -0.25) is 0 Å². The summed E-state index contributed by atoms with van der Waals surface area (Å²) in [6.07, 6.45) is -1.20. The zero-order chi connectivity index (χ0) is 6.08. The highest BCUT2D eigenvalue weighted by Crippen LogP contribution is 2.00. The highest BCUT2D eigenvalue weighted by molar-refractivity contribution is 4.71. The first-order chi connectivity index (χ1) is 2.94. The molecule has 0 aromatic heterocycles. The fourth-order valence-corrected chi connectivity index (χ4v) is 0. The molecular weight excluding hydrogens is 96.0 g/mol. The molecule has 0 rings (SSSR count). The molecule has 0 saturated heterocycles. The molecule has 0 aliphatic carbocycles. The summed E-state index contributed by atoms with van der Waals surface area (Å²) in [5.74, 6) is -2.19. The molecule has 7 heavy (non-hydrogen) atoms. The number of hydrogen-bond acceptors (Lipinski definition) is 3. The van der Waals surface area contributed by atoms with Crippen LogP contribution in [0.4, 0.5) is 0 Å². The largest absolute Gasteiger partial charge is 0.388 e. The number of aliphatic hydroxyl groups excluding tert-OH is 1. The van der Waals surface area contributed by atoms with Crippen molar-refractivity contribution in [3.63, 3.8) is 0 Å². The molecule has 3 heteroatoms. The molecule has 3 N–H and O–H groups in total. The molecule has 0 bridgehead atoms. The van der Waals surface area contributed by atoms with E-state index >= 15 is 0 Å². The number of hydrogen-bond donors (Lipinski definition) is 3. The molecule has 0 aromatic carbocycles. The first kappa shape index (κ1) is 6.88. The van der Waals surface area contributed by atoms with Crippen molar-refractivity contribution in [1.82, 2.24) is 0 Å². The van der Waals surface area contributed by atoms with Gasteiger partial charge in [-0.1, -0.05) is 0 Å². The minimum absolute atomic E-state index is 1.20. The third kappa shape index (κ3) is 2.56. The molecule has 1 radical (unpaired) electrons. The van der Waals surface area contributed by atoms with E-state index in [0.717, 1.165) is 0 Å². The Bertz CT molecular complexity index is 52.4. The Morgan fingerprint density at radius 3 is 1.71 bits per heavy atom. The quantitative estimate of drug-likeness (QED) is 0.370. The van der Waals surface area contributed by atoms with Gasteiger partial charge < -0.3 is 15.3 Å². The minimum Gasteiger partial charge on any atom is -0.388 e. The average molecular weight is 105 g/mol.